The highest BCUT2D eigenvalue weighted by atomic mass is 35.5. The van der Waals surface area contributed by atoms with Crippen molar-refractivity contribution in [2.24, 2.45) is 0 Å². The zero-order valence-electron chi connectivity index (χ0n) is 14.3. The van der Waals surface area contributed by atoms with Gasteiger partial charge >= 0.3 is 0 Å². The van der Waals surface area contributed by atoms with E-state index in [1.54, 1.807) is 4.68 Å². The minimum atomic E-state index is 0.0646. The zero-order valence-corrected chi connectivity index (χ0v) is 15.0. The molecule has 2 aromatic heterocycles. The van der Waals surface area contributed by atoms with Crippen molar-refractivity contribution in [3.05, 3.63) is 52.3 Å². The normalized spacial score (nSPS) is 14.4. The summed E-state index contributed by atoms with van der Waals surface area (Å²) < 4.78 is 1.74. The highest BCUT2D eigenvalue weighted by Gasteiger charge is 2.25. The van der Waals surface area contributed by atoms with Crippen LogP contribution in [0.4, 0.5) is 0 Å². The van der Waals surface area contributed by atoms with Crippen LogP contribution in [0.25, 0.3) is 16.7 Å². The number of pyridine rings is 1. The maximum atomic E-state index is 13.0. The average molecular weight is 355 g/mol. The highest BCUT2D eigenvalue weighted by molar-refractivity contribution is 6.32. The van der Waals surface area contributed by atoms with Crippen LogP contribution in [0.5, 0.6) is 0 Å². The number of aromatic nitrogens is 3. The molecule has 25 heavy (non-hydrogen) atoms. The number of aryl methyl sites for hydroxylation is 2. The summed E-state index contributed by atoms with van der Waals surface area (Å²) in [6.07, 6.45) is 2.13. The van der Waals surface area contributed by atoms with Crippen LogP contribution in [0.15, 0.2) is 30.3 Å². The number of fused-ring (bicyclic) bond motifs is 1. The van der Waals surface area contributed by atoms with E-state index in [2.05, 4.69) is 10.1 Å². The van der Waals surface area contributed by atoms with E-state index in [0.717, 1.165) is 48.4 Å². The molecule has 3 heterocycles. The van der Waals surface area contributed by atoms with E-state index in [1.807, 2.05) is 49.1 Å². The van der Waals surface area contributed by atoms with E-state index in [1.165, 1.54) is 0 Å². The van der Waals surface area contributed by atoms with E-state index >= 15 is 0 Å². The van der Waals surface area contributed by atoms with Crippen molar-refractivity contribution < 1.29 is 4.79 Å². The van der Waals surface area contributed by atoms with Gasteiger partial charge in [-0.3, -0.25) is 4.79 Å². The molecular formula is C19H19ClN4O. The van der Waals surface area contributed by atoms with Crippen molar-refractivity contribution in [1.82, 2.24) is 19.7 Å². The maximum absolute atomic E-state index is 13.0. The number of carbonyl (C=O) groups is 1. The summed E-state index contributed by atoms with van der Waals surface area (Å²) >= 11 is 6.35. The highest BCUT2D eigenvalue weighted by Crippen LogP contribution is 2.29. The SMILES string of the molecule is Cc1cc(C(=O)N2CCCC2)c2c(C)nn(-c3ccccc3Cl)c2n1. The van der Waals surface area contributed by atoms with Gasteiger partial charge in [0.1, 0.15) is 0 Å². The first kappa shape index (κ1) is 16.1. The first-order valence-corrected chi connectivity index (χ1v) is 8.85. The number of nitrogens with zero attached hydrogens (tertiary/aromatic N) is 4. The quantitative estimate of drug-likeness (QED) is 0.700. The van der Waals surface area contributed by atoms with Gasteiger partial charge in [-0.2, -0.15) is 5.10 Å². The van der Waals surface area contributed by atoms with Gasteiger partial charge < -0.3 is 4.90 Å². The van der Waals surface area contributed by atoms with Gasteiger partial charge in [0, 0.05) is 18.8 Å². The molecule has 0 atom stereocenters. The minimum absolute atomic E-state index is 0.0646. The fourth-order valence-electron chi connectivity index (χ4n) is 3.46. The van der Waals surface area contributed by atoms with Crippen molar-refractivity contribution >= 4 is 28.5 Å². The molecule has 6 heteroatoms. The topological polar surface area (TPSA) is 51.0 Å². The van der Waals surface area contributed by atoms with E-state index in [-0.39, 0.29) is 5.91 Å². The first-order chi connectivity index (χ1) is 12.1. The van der Waals surface area contributed by atoms with Gasteiger partial charge in [0.15, 0.2) is 5.65 Å². The van der Waals surface area contributed by atoms with Gasteiger partial charge in [0.25, 0.3) is 5.91 Å². The molecule has 3 aromatic rings. The average Bonchev–Trinajstić information content (AvgIpc) is 3.23. The third-order valence-corrected chi connectivity index (χ3v) is 4.96. The molecule has 0 bridgehead atoms. The summed E-state index contributed by atoms with van der Waals surface area (Å²) in [5.74, 6) is 0.0646. The second-order valence-electron chi connectivity index (χ2n) is 6.46. The van der Waals surface area contributed by atoms with Crippen LogP contribution >= 0.6 is 11.6 Å². The number of likely N-dealkylation sites (tertiary alicyclic amines) is 1. The summed E-state index contributed by atoms with van der Waals surface area (Å²) in [6.45, 7) is 5.45. The minimum Gasteiger partial charge on any atom is -0.339 e. The van der Waals surface area contributed by atoms with Crippen molar-refractivity contribution in [2.75, 3.05) is 13.1 Å². The van der Waals surface area contributed by atoms with Crippen LogP contribution in [-0.4, -0.2) is 38.7 Å². The van der Waals surface area contributed by atoms with Gasteiger partial charge in [-0.1, -0.05) is 23.7 Å². The second-order valence-corrected chi connectivity index (χ2v) is 6.86. The van der Waals surface area contributed by atoms with Crippen LogP contribution in [0.2, 0.25) is 5.02 Å². The summed E-state index contributed by atoms with van der Waals surface area (Å²) in [6, 6.07) is 9.39. The molecule has 0 radical (unpaired) electrons. The Kier molecular flexibility index (Phi) is 3.96. The number of benzene rings is 1. The lowest BCUT2D eigenvalue weighted by molar-refractivity contribution is 0.0794. The predicted molar refractivity (Wildman–Crippen MR) is 98.5 cm³/mol. The largest absolute Gasteiger partial charge is 0.339 e. The number of para-hydroxylation sites is 1. The molecule has 1 aromatic carbocycles. The summed E-state index contributed by atoms with van der Waals surface area (Å²) in [5, 5.41) is 6.04. The van der Waals surface area contributed by atoms with Gasteiger partial charge in [0.05, 0.1) is 27.4 Å². The molecule has 0 saturated carbocycles. The van der Waals surface area contributed by atoms with E-state index in [9.17, 15) is 4.79 Å². The van der Waals surface area contributed by atoms with E-state index in [0.29, 0.717) is 16.2 Å². The number of hydrogen-bond donors (Lipinski definition) is 0. The molecule has 1 saturated heterocycles. The zero-order chi connectivity index (χ0) is 17.6. The molecule has 0 spiro atoms. The third kappa shape index (κ3) is 2.68. The van der Waals surface area contributed by atoms with Crippen LogP contribution in [0.1, 0.15) is 34.6 Å². The monoisotopic (exact) mass is 354 g/mol. The summed E-state index contributed by atoms with van der Waals surface area (Å²) in [4.78, 5) is 19.6. The van der Waals surface area contributed by atoms with Crippen LogP contribution < -0.4 is 0 Å². The van der Waals surface area contributed by atoms with Crippen molar-refractivity contribution in [3.8, 4) is 5.69 Å². The molecule has 1 aliphatic heterocycles. The van der Waals surface area contributed by atoms with Gasteiger partial charge in [-0.15, -0.1) is 0 Å². The lowest BCUT2D eigenvalue weighted by Crippen LogP contribution is -2.28. The number of rotatable bonds is 2. The third-order valence-electron chi connectivity index (χ3n) is 4.65. The molecule has 4 rings (SSSR count). The van der Waals surface area contributed by atoms with Crippen LogP contribution in [0, 0.1) is 13.8 Å². The molecule has 1 aliphatic rings. The molecule has 0 aliphatic carbocycles. The van der Waals surface area contributed by atoms with Gasteiger partial charge in [-0.25, -0.2) is 9.67 Å². The fourth-order valence-corrected chi connectivity index (χ4v) is 3.68. The molecule has 5 nitrogen and oxygen atoms in total. The fraction of sp³-hybridized carbons (Fsp3) is 0.316. The Hall–Kier alpha value is -2.40. The number of amides is 1. The van der Waals surface area contributed by atoms with E-state index in [4.69, 9.17) is 11.6 Å². The lowest BCUT2D eigenvalue weighted by atomic mass is 10.1. The molecule has 0 unspecified atom stereocenters. The molecular weight excluding hydrogens is 336 g/mol. The Bertz CT molecular complexity index is 973. The number of halogens is 1. The Morgan fingerprint density at radius 2 is 1.88 bits per heavy atom. The Morgan fingerprint density at radius 1 is 1.16 bits per heavy atom. The second kappa shape index (κ2) is 6.15. The lowest BCUT2D eigenvalue weighted by Gasteiger charge is -2.16. The molecule has 0 N–H and O–H groups in total. The first-order valence-electron chi connectivity index (χ1n) is 8.47. The van der Waals surface area contributed by atoms with Gasteiger partial charge in [-0.05, 0) is 44.9 Å². The van der Waals surface area contributed by atoms with E-state index < -0.39 is 0 Å². The summed E-state index contributed by atoms with van der Waals surface area (Å²) in [5.41, 5.74) is 3.70. The smallest absolute Gasteiger partial charge is 0.254 e. The predicted octanol–water partition coefficient (Wildman–Crippen LogP) is 3.93. The van der Waals surface area contributed by atoms with Crippen molar-refractivity contribution in [2.45, 2.75) is 26.7 Å². The van der Waals surface area contributed by atoms with Crippen molar-refractivity contribution in [3.63, 3.8) is 0 Å². The van der Waals surface area contributed by atoms with Crippen molar-refractivity contribution in [1.29, 1.82) is 0 Å². The Balaban J connectivity index is 1.95. The standard InChI is InChI=1S/C19H19ClN4O/c1-12-11-14(19(25)23-9-5-6-10-23)17-13(2)22-24(18(17)21-12)16-8-4-3-7-15(16)20/h3-4,7-8,11H,5-6,9-10H2,1-2H3. The van der Waals surface area contributed by atoms with Gasteiger partial charge in [0.2, 0.25) is 0 Å². The number of carbonyl (C=O) groups excluding carboxylic acids is 1. The Morgan fingerprint density at radius 3 is 2.60 bits per heavy atom. The van der Waals surface area contributed by atoms with Crippen LogP contribution in [0.3, 0.4) is 0 Å². The number of hydrogen-bond acceptors (Lipinski definition) is 3. The summed E-state index contributed by atoms with van der Waals surface area (Å²) in [7, 11) is 0. The molecule has 128 valence electrons. The maximum Gasteiger partial charge on any atom is 0.254 e. The molecule has 1 amide bonds. The Labute approximate surface area is 151 Å². The molecule has 1 fully saturated rings. The van der Waals surface area contributed by atoms with Crippen LogP contribution in [-0.2, 0) is 0 Å².